The molecule has 0 aliphatic carbocycles. The van der Waals surface area contributed by atoms with Crippen molar-refractivity contribution in [1.29, 1.82) is 0 Å². The molecule has 0 radical (unpaired) electrons. The Kier molecular flexibility index (Phi) is 20.2. The molecule has 4 aromatic rings. The molecule has 39 heavy (non-hydrogen) atoms. The number of carbonyl (C=O) groups is 1. The summed E-state index contributed by atoms with van der Waals surface area (Å²) in [5.74, 6) is -0.00477. The molecule has 0 aliphatic rings. The average Bonchev–Trinajstić information content (AvgIpc) is 3.60. The number of thiazole rings is 1. The highest BCUT2D eigenvalue weighted by Gasteiger charge is 2.06. The normalized spacial score (nSPS) is 10.0. The van der Waals surface area contributed by atoms with Crippen molar-refractivity contribution < 1.29 is 4.79 Å². The van der Waals surface area contributed by atoms with Crippen LogP contribution < -0.4 is 10.6 Å². The quantitative estimate of drug-likeness (QED) is 0.128. The minimum Gasteiger partial charge on any atom is -0.373 e. The van der Waals surface area contributed by atoms with Gasteiger partial charge in [0.25, 0.3) is 0 Å². The number of H-pyrrole nitrogens is 1. The zero-order valence-corrected chi connectivity index (χ0v) is 25.9. The number of aromatic nitrogens is 2. The molecular formula is C32H47N5OS. The molecule has 0 spiro atoms. The summed E-state index contributed by atoms with van der Waals surface area (Å²) in [7, 11) is 1.75. The van der Waals surface area contributed by atoms with Gasteiger partial charge in [0.05, 0.1) is 17.8 Å². The molecule has 212 valence electrons. The fraction of sp³-hybridized carbons (Fsp3) is 0.344. The third-order valence-electron chi connectivity index (χ3n) is 4.86. The Hall–Kier alpha value is -3.71. The molecule has 2 heterocycles. The predicted octanol–water partition coefficient (Wildman–Crippen LogP) is 8.36. The lowest BCUT2D eigenvalue weighted by molar-refractivity contribution is -0.115. The summed E-state index contributed by atoms with van der Waals surface area (Å²) in [5, 5.41) is 8.15. The van der Waals surface area contributed by atoms with Crippen LogP contribution in [0.5, 0.6) is 0 Å². The molecule has 3 N–H and O–H groups in total. The molecule has 0 bridgehead atoms. The van der Waals surface area contributed by atoms with E-state index in [-0.39, 0.29) is 5.91 Å². The van der Waals surface area contributed by atoms with E-state index >= 15 is 0 Å². The van der Waals surface area contributed by atoms with Gasteiger partial charge in [0.2, 0.25) is 5.91 Å². The van der Waals surface area contributed by atoms with E-state index < -0.39 is 0 Å². The van der Waals surface area contributed by atoms with Crippen LogP contribution in [0, 0.1) is 13.8 Å². The molecule has 0 fully saturated rings. The van der Waals surface area contributed by atoms with Crippen LogP contribution in [0.25, 0.3) is 10.9 Å². The molecule has 0 aliphatic heterocycles. The second-order valence-electron chi connectivity index (χ2n) is 7.91. The zero-order valence-electron chi connectivity index (χ0n) is 25.1. The number of nitrogens with zero attached hydrogens (tertiary/aromatic N) is 2. The number of carbonyl (C=O) groups excluding carboxylic acids is 1. The maximum atomic E-state index is 11.7. The molecule has 2 aromatic heterocycles. The number of rotatable bonds is 6. The van der Waals surface area contributed by atoms with Crippen molar-refractivity contribution in [2.45, 2.75) is 61.8 Å². The fourth-order valence-electron chi connectivity index (χ4n) is 2.94. The van der Waals surface area contributed by atoms with Gasteiger partial charge in [-0.25, -0.2) is 4.98 Å². The number of hydrogen-bond donors (Lipinski definition) is 3. The van der Waals surface area contributed by atoms with Crippen LogP contribution in [-0.2, 0) is 11.2 Å². The molecule has 4 rings (SSSR count). The second kappa shape index (κ2) is 22.3. The van der Waals surface area contributed by atoms with Gasteiger partial charge < -0.3 is 15.6 Å². The van der Waals surface area contributed by atoms with Crippen LogP contribution in [0.15, 0.2) is 83.6 Å². The number of aryl methyl sites for hydroxylation is 2. The first-order valence-corrected chi connectivity index (χ1v) is 14.3. The third kappa shape index (κ3) is 16.0. The largest absolute Gasteiger partial charge is 0.373 e. The predicted molar refractivity (Wildman–Crippen MR) is 173 cm³/mol. The van der Waals surface area contributed by atoms with Crippen LogP contribution in [0.4, 0.5) is 5.69 Å². The lowest BCUT2D eigenvalue weighted by Crippen LogP contribution is -2.13. The summed E-state index contributed by atoms with van der Waals surface area (Å²) in [6.45, 7) is 17.0. The van der Waals surface area contributed by atoms with Crippen LogP contribution in [0.1, 0.15) is 57.0 Å². The fourth-order valence-corrected chi connectivity index (χ4v) is 3.74. The summed E-state index contributed by atoms with van der Waals surface area (Å²) in [5.41, 5.74) is 4.68. The SMILES string of the molecule is C/C=C(\C)CNC=NC.CC.CC.Cc1ccc2[nH]ccc2c1.Cc1ncc(CC(=O)Nc2ccccc2)s1. The third-order valence-corrected chi connectivity index (χ3v) is 5.78. The highest BCUT2D eigenvalue weighted by Crippen LogP contribution is 2.14. The number of nitrogens with one attached hydrogen (secondary N) is 3. The van der Waals surface area contributed by atoms with Crippen molar-refractivity contribution in [1.82, 2.24) is 15.3 Å². The number of fused-ring (bicyclic) bond motifs is 1. The Morgan fingerprint density at radius 3 is 2.33 bits per heavy atom. The van der Waals surface area contributed by atoms with Gasteiger partial charge in [-0.3, -0.25) is 9.79 Å². The number of anilines is 1. The average molecular weight is 550 g/mol. The van der Waals surface area contributed by atoms with E-state index in [2.05, 4.69) is 69.8 Å². The van der Waals surface area contributed by atoms with E-state index in [0.29, 0.717) is 6.42 Å². The molecule has 7 heteroatoms. The lowest BCUT2D eigenvalue weighted by atomic mass is 10.2. The van der Waals surface area contributed by atoms with Crippen molar-refractivity contribution in [2.24, 2.45) is 4.99 Å². The zero-order chi connectivity index (χ0) is 29.5. The highest BCUT2D eigenvalue weighted by atomic mass is 32.1. The summed E-state index contributed by atoms with van der Waals surface area (Å²) >= 11 is 1.55. The number of para-hydroxylation sites is 1. The molecule has 6 nitrogen and oxygen atoms in total. The van der Waals surface area contributed by atoms with E-state index in [0.717, 1.165) is 22.1 Å². The number of amides is 1. The molecule has 2 aromatic carbocycles. The van der Waals surface area contributed by atoms with Gasteiger partial charge in [-0.2, -0.15) is 0 Å². The summed E-state index contributed by atoms with van der Waals surface area (Å²) in [6, 6.07) is 17.9. The molecule has 1 amide bonds. The van der Waals surface area contributed by atoms with Gasteiger partial charge in [0.1, 0.15) is 0 Å². The molecule has 0 saturated carbocycles. The lowest BCUT2D eigenvalue weighted by Gasteiger charge is -2.02. The highest BCUT2D eigenvalue weighted by molar-refractivity contribution is 7.11. The first-order valence-electron chi connectivity index (χ1n) is 13.5. The Morgan fingerprint density at radius 1 is 1.05 bits per heavy atom. The molecule has 0 atom stereocenters. The molecule has 0 saturated heterocycles. The topological polar surface area (TPSA) is 82.2 Å². The first kappa shape index (κ1) is 35.3. The maximum Gasteiger partial charge on any atom is 0.229 e. The smallest absolute Gasteiger partial charge is 0.229 e. The number of aliphatic imine (C=N–C) groups is 1. The maximum absolute atomic E-state index is 11.7. The minimum atomic E-state index is -0.00477. The van der Waals surface area contributed by atoms with Crippen molar-refractivity contribution in [3.8, 4) is 0 Å². The van der Waals surface area contributed by atoms with Gasteiger partial charge in [-0.05, 0) is 63.4 Å². The minimum absolute atomic E-state index is 0.00477. The van der Waals surface area contributed by atoms with E-state index in [1.54, 1.807) is 30.9 Å². The Morgan fingerprint density at radius 2 is 1.74 bits per heavy atom. The van der Waals surface area contributed by atoms with Crippen molar-refractivity contribution >= 4 is 40.2 Å². The van der Waals surface area contributed by atoms with Crippen LogP contribution in [-0.4, -0.2) is 35.8 Å². The van der Waals surface area contributed by atoms with Crippen molar-refractivity contribution in [3.05, 3.63) is 94.1 Å². The van der Waals surface area contributed by atoms with E-state index in [4.69, 9.17) is 0 Å². The Labute approximate surface area is 239 Å². The summed E-state index contributed by atoms with van der Waals surface area (Å²) < 4.78 is 0. The number of hydrogen-bond acceptors (Lipinski definition) is 4. The van der Waals surface area contributed by atoms with Gasteiger partial charge in [-0.15, -0.1) is 11.3 Å². The monoisotopic (exact) mass is 549 g/mol. The molecule has 0 unspecified atom stereocenters. The van der Waals surface area contributed by atoms with E-state index in [1.165, 1.54) is 22.0 Å². The Bertz CT molecular complexity index is 1230. The standard InChI is InChI=1S/C12H12N2OS.C9H9N.C7H14N2.2C2H6/c1-9-13-8-11(16-9)7-12(15)14-10-5-3-2-4-6-10;1-7-2-3-9-8(6-7)4-5-10-9;1-4-7(2)5-9-6-8-3;2*1-2/h2-6,8H,7H2,1H3,(H,14,15);2-6,10H,1H3;4,6H,5H2,1-3H3,(H,8,9);2*1-2H3/b;;7-4+;;. The van der Waals surface area contributed by atoms with Crippen molar-refractivity contribution in [2.75, 3.05) is 18.9 Å². The van der Waals surface area contributed by atoms with E-state index in [1.807, 2.05) is 78.1 Å². The number of aromatic amines is 1. The van der Waals surface area contributed by atoms with Gasteiger partial charge in [0, 0.05) is 42.1 Å². The number of allylic oxidation sites excluding steroid dienone is 1. The van der Waals surface area contributed by atoms with Gasteiger partial charge in [0.15, 0.2) is 0 Å². The number of benzene rings is 2. The summed E-state index contributed by atoms with van der Waals surface area (Å²) in [6.07, 6.45) is 7.89. The van der Waals surface area contributed by atoms with Gasteiger partial charge in [-0.1, -0.05) is 69.2 Å². The van der Waals surface area contributed by atoms with Crippen molar-refractivity contribution in [3.63, 3.8) is 0 Å². The summed E-state index contributed by atoms with van der Waals surface area (Å²) in [4.78, 5) is 23.7. The van der Waals surface area contributed by atoms with Crippen LogP contribution in [0.3, 0.4) is 0 Å². The van der Waals surface area contributed by atoms with Gasteiger partial charge >= 0.3 is 0 Å². The van der Waals surface area contributed by atoms with E-state index in [9.17, 15) is 4.79 Å². The first-order chi connectivity index (χ1) is 18.9. The molecular weight excluding hydrogens is 502 g/mol. The van der Waals surface area contributed by atoms with Crippen LogP contribution >= 0.6 is 11.3 Å². The second-order valence-corrected chi connectivity index (χ2v) is 9.23. The Balaban J connectivity index is 0.000000547. The van der Waals surface area contributed by atoms with Crippen LogP contribution in [0.2, 0.25) is 0 Å².